The molecule has 1 saturated heterocycles. The predicted molar refractivity (Wildman–Crippen MR) is 78.7 cm³/mol. The number of benzene rings is 1. The van der Waals surface area contributed by atoms with Crippen LogP contribution in [-0.4, -0.2) is 53.1 Å². The molecular weight excluding hydrogens is 274 g/mol. The van der Waals surface area contributed by atoms with Crippen molar-refractivity contribution < 1.29 is 14.8 Å². The van der Waals surface area contributed by atoms with Gasteiger partial charge in [0.25, 0.3) is 5.69 Å². The number of nitro benzene ring substituents is 1. The Morgan fingerprint density at radius 1 is 1.33 bits per heavy atom. The van der Waals surface area contributed by atoms with Crippen molar-refractivity contribution in [2.24, 2.45) is 0 Å². The molecule has 7 heteroatoms. The highest BCUT2D eigenvalue weighted by Crippen LogP contribution is 2.32. The van der Waals surface area contributed by atoms with Gasteiger partial charge in [0.2, 0.25) is 0 Å². The number of piperazine rings is 1. The Kier molecular flexibility index (Phi) is 4.42. The first kappa shape index (κ1) is 15.2. The lowest BCUT2D eigenvalue weighted by Gasteiger charge is -2.38. The van der Waals surface area contributed by atoms with Crippen LogP contribution in [0.3, 0.4) is 0 Å². The van der Waals surface area contributed by atoms with E-state index in [4.69, 9.17) is 5.11 Å². The normalized spacial score (nSPS) is 17.5. The van der Waals surface area contributed by atoms with Crippen molar-refractivity contribution in [3.63, 3.8) is 0 Å². The summed E-state index contributed by atoms with van der Waals surface area (Å²) in [5.41, 5.74) is 1.61. The Balaban J connectivity index is 2.16. The van der Waals surface area contributed by atoms with E-state index in [0.29, 0.717) is 31.9 Å². The number of hydrogen-bond acceptors (Lipinski definition) is 5. The van der Waals surface area contributed by atoms with Crippen molar-refractivity contribution in [1.82, 2.24) is 4.90 Å². The van der Waals surface area contributed by atoms with Gasteiger partial charge in [0.05, 0.1) is 4.92 Å². The minimum absolute atomic E-state index is 0.106. The Labute approximate surface area is 122 Å². The third kappa shape index (κ3) is 3.13. The second-order valence-corrected chi connectivity index (χ2v) is 5.24. The number of nitrogens with zero attached hydrogens (tertiary/aromatic N) is 3. The van der Waals surface area contributed by atoms with Crippen molar-refractivity contribution in [3.05, 3.63) is 33.9 Å². The predicted octanol–water partition coefficient (Wildman–Crippen LogP) is 1.50. The van der Waals surface area contributed by atoms with Crippen LogP contribution in [0.4, 0.5) is 11.4 Å². The average Bonchev–Trinajstić information content (AvgIpc) is 2.46. The molecule has 0 amide bonds. The number of carboxylic acids is 1. The summed E-state index contributed by atoms with van der Waals surface area (Å²) in [6.45, 7) is 5.85. The number of nitro groups is 1. The van der Waals surface area contributed by atoms with E-state index in [-0.39, 0.29) is 10.6 Å². The van der Waals surface area contributed by atoms with Gasteiger partial charge in [-0.2, -0.15) is 0 Å². The van der Waals surface area contributed by atoms with Crippen LogP contribution < -0.4 is 4.90 Å². The van der Waals surface area contributed by atoms with Crippen LogP contribution >= 0.6 is 0 Å². The molecule has 1 unspecified atom stereocenters. The van der Waals surface area contributed by atoms with Gasteiger partial charge in [0.1, 0.15) is 11.7 Å². The molecule has 1 fully saturated rings. The quantitative estimate of drug-likeness (QED) is 0.668. The first-order valence-corrected chi connectivity index (χ1v) is 6.87. The number of anilines is 1. The molecule has 1 aromatic rings. The summed E-state index contributed by atoms with van der Waals surface area (Å²) in [5.74, 6) is -0.842. The molecule has 1 N–H and O–H groups in total. The molecule has 0 spiro atoms. The molecule has 0 aromatic heterocycles. The summed E-state index contributed by atoms with van der Waals surface area (Å²) in [7, 11) is 0. The molecular formula is C14H19N3O4. The van der Waals surface area contributed by atoms with Gasteiger partial charge in [0, 0.05) is 32.2 Å². The maximum absolute atomic E-state index is 11.2. The second kappa shape index (κ2) is 6.09. The van der Waals surface area contributed by atoms with Gasteiger partial charge >= 0.3 is 5.97 Å². The standard InChI is InChI=1S/C14H19N3O4/c1-10-4-3-5-12(17(20)21)13(10)16-8-6-15(7-9-16)11(2)14(18)19/h3-5,11H,6-9H2,1-2H3,(H,18,19). The average molecular weight is 293 g/mol. The summed E-state index contributed by atoms with van der Waals surface area (Å²) >= 11 is 0. The van der Waals surface area contributed by atoms with Gasteiger partial charge in [-0.3, -0.25) is 19.8 Å². The van der Waals surface area contributed by atoms with E-state index < -0.39 is 12.0 Å². The third-order valence-electron chi connectivity index (χ3n) is 3.95. The molecule has 1 aromatic carbocycles. The van der Waals surface area contributed by atoms with Crippen LogP contribution in [0.25, 0.3) is 0 Å². The highest BCUT2D eigenvalue weighted by atomic mass is 16.6. The molecule has 114 valence electrons. The monoisotopic (exact) mass is 293 g/mol. The van der Waals surface area contributed by atoms with E-state index in [1.807, 2.05) is 22.8 Å². The number of carbonyl (C=O) groups is 1. The Bertz CT molecular complexity index is 553. The molecule has 0 aliphatic carbocycles. The van der Waals surface area contributed by atoms with Gasteiger partial charge in [-0.15, -0.1) is 0 Å². The lowest BCUT2D eigenvalue weighted by Crippen LogP contribution is -2.52. The number of rotatable bonds is 4. The summed E-state index contributed by atoms with van der Waals surface area (Å²) in [6.07, 6.45) is 0. The van der Waals surface area contributed by atoms with E-state index >= 15 is 0 Å². The largest absolute Gasteiger partial charge is 0.480 e. The highest BCUT2D eigenvalue weighted by molar-refractivity contribution is 5.73. The molecule has 7 nitrogen and oxygen atoms in total. The molecule has 0 saturated carbocycles. The van der Waals surface area contributed by atoms with Crippen LogP contribution in [0.1, 0.15) is 12.5 Å². The molecule has 21 heavy (non-hydrogen) atoms. The molecule has 0 bridgehead atoms. The smallest absolute Gasteiger partial charge is 0.320 e. The first-order valence-electron chi connectivity index (χ1n) is 6.87. The molecule has 1 heterocycles. The zero-order valence-electron chi connectivity index (χ0n) is 12.2. The fourth-order valence-electron chi connectivity index (χ4n) is 2.69. The van der Waals surface area contributed by atoms with Crippen molar-refractivity contribution in [1.29, 1.82) is 0 Å². The van der Waals surface area contributed by atoms with E-state index in [9.17, 15) is 14.9 Å². The minimum atomic E-state index is -0.842. The van der Waals surface area contributed by atoms with Gasteiger partial charge in [-0.25, -0.2) is 0 Å². The Hall–Kier alpha value is -2.15. The molecule has 0 radical (unpaired) electrons. The zero-order valence-corrected chi connectivity index (χ0v) is 12.2. The van der Waals surface area contributed by atoms with Gasteiger partial charge in [-0.05, 0) is 19.4 Å². The number of carboxylic acid groups (broad SMARTS) is 1. The maximum atomic E-state index is 11.2. The molecule has 1 aliphatic heterocycles. The fourth-order valence-corrected chi connectivity index (χ4v) is 2.69. The first-order chi connectivity index (χ1) is 9.91. The number of hydrogen-bond donors (Lipinski definition) is 1. The van der Waals surface area contributed by atoms with Crippen LogP contribution in [-0.2, 0) is 4.79 Å². The van der Waals surface area contributed by atoms with Crippen molar-refractivity contribution >= 4 is 17.3 Å². The van der Waals surface area contributed by atoms with Gasteiger partial charge < -0.3 is 10.0 Å². The minimum Gasteiger partial charge on any atom is -0.480 e. The molecule has 2 rings (SSSR count). The number of aryl methyl sites for hydroxylation is 1. The maximum Gasteiger partial charge on any atom is 0.320 e. The Morgan fingerprint density at radius 3 is 2.48 bits per heavy atom. The second-order valence-electron chi connectivity index (χ2n) is 5.24. The highest BCUT2D eigenvalue weighted by Gasteiger charge is 2.28. The van der Waals surface area contributed by atoms with Crippen molar-refractivity contribution in [2.75, 3.05) is 31.1 Å². The summed E-state index contributed by atoms with van der Waals surface area (Å²) < 4.78 is 0. The molecule has 1 aliphatic rings. The van der Waals surface area contributed by atoms with Crippen molar-refractivity contribution in [2.45, 2.75) is 19.9 Å². The number of aliphatic carboxylic acids is 1. The van der Waals surface area contributed by atoms with E-state index in [0.717, 1.165) is 5.56 Å². The topological polar surface area (TPSA) is 86.9 Å². The summed E-state index contributed by atoms with van der Waals surface area (Å²) in [5, 5.41) is 20.2. The van der Waals surface area contributed by atoms with Crippen LogP contribution in [0.5, 0.6) is 0 Å². The summed E-state index contributed by atoms with van der Waals surface area (Å²) in [4.78, 5) is 25.7. The lowest BCUT2D eigenvalue weighted by atomic mass is 10.1. The fraction of sp³-hybridized carbons (Fsp3) is 0.500. The lowest BCUT2D eigenvalue weighted by molar-refractivity contribution is -0.384. The zero-order chi connectivity index (χ0) is 15.6. The summed E-state index contributed by atoms with van der Waals surface area (Å²) in [6, 6.07) is 4.52. The third-order valence-corrected chi connectivity index (χ3v) is 3.95. The van der Waals surface area contributed by atoms with E-state index in [1.54, 1.807) is 13.0 Å². The number of para-hydroxylation sites is 1. The van der Waals surface area contributed by atoms with E-state index in [1.165, 1.54) is 6.07 Å². The van der Waals surface area contributed by atoms with Gasteiger partial charge in [0.15, 0.2) is 0 Å². The van der Waals surface area contributed by atoms with Crippen LogP contribution in [0.15, 0.2) is 18.2 Å². The SMILES string of the molecule is Cc1cccc([N+](=O)[O-])c1N1CCN(C(C)C(=O)O)CC1. The van der Waals surface area contributed by atoms with Crippen LogP contribution in [0, 0.1) is 17.0 Å². The van der Waals surface area contributed by atoms with Gasteiger partial charge in [-0.1, -0.05) is 12.1 Å². The van der Waals surface area contributed by atoms with Crippen LogP contribution in [0.2, 0.25) is 0 Å². The van der Waals surface area contributed by atoms with E-state index in [2.05, 4.69) is 0 Å². The van der Waals surface area contributed by atoms with Crippen molar-refractivity contribution in [3.8, 4) is 0 Å². The Morgan fingerprint density at radius 2 is 1.95 bits per heavy atom. The molecule has 1 atom stereocenters.